The molecule has 0 bridgehead atoms. The highest BCUT2D eigenvalue weighted by Crippen LogP contribution is 2.24. The minimum absolute atomic E-state index is 0.0631. The maximum atomic E-state index is 13.7. The molecule has 5 nitrogen and oxygen atoms in total. The van der Waals surface area contributed by atoms with Crippen LogP contribution in [0.2, 0.25) is 0 Å². The van der Waals surface area contributed by atoms with Gasteiger partial charge in [0.05, 0.1) is 4.90 Å². The van der Waals surface area contributed by atoms with Crippen LogP contribution in [-0.2, 0) is 10.0 Å². The Balaban J connectivity index is 2.44. The fourth-order valence-electron chi connectivity index (χ4n) is 2.72. The third-order valence-corrected chi connectivity index (χ3v) is 4.84. The van der Waals surface area contributed by atoms with E-state index in [1.54, 1.807) is 4.90 Å². The standard InChI is InChI=1S/C14H19FN2O3S/c1-9-4-3-5-17(8-9)14(18)12-6-11(15)7-13(10(12)2)21(16,19)20/h6-7,9H,3-5,8H2,1-2H3,(H2,16,19,20). The zero-order chi connectivity index (χ0) is 15.8. The van der Waals surface area contributed by atoms with Gasteiger partial charge >= 0.3 is 0 Å². The largest absolute Gasteiger partial charge is 0.338 e. The molecular weight excluding hydrogens is 295 g/mol. The highest BCUT2D eigenvalue weighted by molar-refractivity contribution is 7.89. The van der Waals surface area contributed by atoms with Crippen LogP contribution < -0.4 is 5.14 Å². The van der Waals surface area contributed by atoms with Crippen molar-refractivity contribution >= 4 is 15.9 Å². The first-order chi connectivity index (χ1) is 9.70. The van der Waals surface area contributed by atoms with Crippen LogP contribution in [0.15, 0.2) is 17.0 Å². The molecule has 1 aliphatic heterocycles. The average molecular weight is 314 g/mol. The van der Waals surface area contributed by atoms with Crippen LogP contribution in [0.4, 0.5) is 4.39 Å². The number of rotatable bonds is 2. The van der Waals surface area contributed by atoms with Crippen molar-refractivity contribution in [1.29, 1.82) is 0 Å². The van der Waals surface area contributed by atoms with E-state index in [0.717, 1.165) is 25.0 Å². The smallest absolute Gasteiger partial charge is 0.254 e. The monoisotopic (exact) mass is 314 g/mol. The molecule has 0 aliphatic carbocycles. The summed E-state index contributed by atoms with van der Waals surface area (Å²) in [4.78, 5) is 13.8. The van der Waals surface area contributed by atoms with E-state index in [1.165, 1.54) is 6.92 Å². The summed E-state index contributed by atoms with van der Waals surface area (Å²) in [6.45, 7) is 4.72. The molecule has 0 radical (unpaired) electrons. The lowest BCUT2D eigenvalue weighted by molar-refractivity contribution is 0.0681. The van der Waals surface area contributed by atoms with E-state index in [-0.39, 0.29) is 21.9 Å². The van der Waals surface area contributed by atoms with Crippen molar-refractivity contribution < 1.29 is 17.6 Å². The van der Waals surface area contributed by atoms with Gasteiger partial charge in [0, 0.05) is 18.7 Å². The quantitative estimate of drug-likeness (QED) is 0.901. The number of sulfonamides is 1. The highest BCUT2D eigenvalue weighted by atomic mass is 32.2. The summed E-state index contributed by atoms with van der Waals surface area (Å²) in [5.74, 6) is -0.740. The van der Waals surface area contributed by atoms with Crippen molar-refractivity contribution in [2.45, 2.75) is 31.6 Å². The van der Waals surface area contributed by atoms with Crippen LogP contribution in [0.5, 0.6) is 0 Å². The molecular formula is C14H19FN2O3S. The van der Waals surface area contributed by atoms with Crippen molar-refractivity contribution in [1.82, 2.24) is 4.90 Å². The molecule has 7 heteroatoms. The number of hydrogen-bond donors (Lipinski definition) is 1. The van der Waals surface area contributed by atoms with E-state index < -0.39 is 15.8 Å². The number of likely N-dealkylation sites (tertiary alicyclic amines) is 1. The van der Waals surface area contributed by atoms with E-state index >= 15 is 0 Å². The molecule has 1 aromatic rings. The number of carbonyl (C=O) groups is 1. The summed E-state index contributed by atoms with van der Waals surface area (Å²) in [5.41, 5.74) is 0.259. The normalized spacial score (nSPS) is 19.6. The predicted octanol–water partition coefficient (Wildman–Crippen LogP) is 1.65. The predicted molar refractivity (Wildman–Crippen MR) is 76.8 cm³/mol. The molecule has 1 heterocycles. The van der Waals surface area contributed by atoms with Crippen LogP contribution in [0, 0.1) is 18.7 Å². The van der Waals surface area contributed by atoms with E-state index in [2.05, 4.69) is 0 Å². The number of hydrogen-bond acceptors (Lipinski definition) is 3. The third kappa shape index (κ3) is 3.41. The Morgan fingerprint density at radius 2 is 2.10 bits per heavy atom. The molecule has 2 N–H and O–H groups in total. The molecule has 1 aliphatic rings. The van der Waals surface area contributed by atoms with Crippen molar-refractivity contribution in [2.75, 3.05) is 13.1 Å². The lowest BCUT2D eigenvalue weighted by atomic mass is 9.98. The van der Waals surface area contributed by atoms with Gasteiger partial charge in [-0.3, -0.25) is 4.79 Å². The van der Waals surface area contributed by atoms with Gasteiger partial charge in [0.2, 0.25) is 10.0 Å². The third-order valence-electron chi connectivity index (χ3n) is 3.81. The molecule has 1 amide bonds. The second-order valence-electron chi connectivity index (χ2n) is 5.62. The van der Waals surface area contributed by atoms with E-state index in [0.29, 0.717) is 19.0 Å². The second kappa shape index (κ2) is 5.73. The van der Waals surface area contributed by atoms with Gasteiger partial charge in [0.25, 0.3) is 5.91 Å². The molecule has 1 fully saturated rings. The SMILES string of the molecule is Cc1c(C(=O)N2CCCC(C)C2)cc(F)cc1S(N)(=O)=O. The van der Waals surface area contributed by atoms with Crippen LogP contribution in [0.3, 0.4) is 0 Å². The van der Waals surface area contributed by atoms with Crippen molar-refractivity contribution in [3.8, 4) is 0 Å². The summed E-state index contributed by atoms with van der Waals surface area (Å²) >= 11 is 0. The fourth-order valence-corrected chi connectivity index (χ4v) is 3.53. The lowest BCUT2D eigenvalue weighted by Gasteiger charge is -2.31. The Bertz CT molecular complexity index is 673. The molecule has 116 valence electrons. The number of carbonyl (C=O) groups excluding carboxylic acids is 1. The van der Waals surface area contributed by atoms with Gasteiger partial charge in [0.1, 0.15) is 5.82 Å². The highest BCUT2D eigenvalue weighted by Gasteiger charge is 2.26. The van der Waals surface area contributed by atoms with E-state index in [1.807, 2.05) is 6.92 Å². The first kappa shape index (κ1) is 15.9. The van der Waals surface area contributed by atoms with Gasteiger partial charge in [-0.1, -0.05) is 6.92 Å². The summed E-state index contributed by atoms with van der Waals surface area (Å²) in [6, 6.07) is 1.92. The zero-order valence-corrected chi connectivity index (χ0v) is 12.9. The molecule has 1 unspecified atom stereocenters. The number of halogens is 1. The summed E-state index contributed by atoms with van der Waals surface area (Å²) in [6.07, 6.45) is 1.94. The van der Waals surface area contributed by atoms with Gasteiger partial charge in [-0.05, 0) is 43.4 Å². The Labute approximate surface area is 124 Å². The summed E-state index contributed by atoms with van der Waals surface area (Å²) in [5, 5.41) is 5.08. The van der Waals surface area contributed by atoms with E-state index in [9.17, 15) is 17.6 Å². The number of nitrogens with zero attached hydrogens (tertiary/aromatic N) is 1. The fraction of sp³-hybridized carbons (Fsp3) is 0.500. The Morgan fingerprint density at radius 3 is 2.67 bits per heavy atom. The van der Waals surface area contributed by atoms with E-state index in [4.69, 9.17) is 5.14 Å². The average Bonchev–Trinajstić information content (AvgIpc) is 2.39. The molecule has 1 saturated heterocycles. The maximum Gasteiger partial charge on any atom is 0.254 e. The van der Waals surface area contributed by atoms with Crippen LogP contribution in [0.1, 0.15) is 35.7 Å². The molecule has 1 atom stereocenters. The van der Waals surface area contributed by atoms with Gasteiger partial charge < -0.3 is 4.90 Å². The number of amides is 1. The van der Waals surface area contributed by atoms with Crippen molar-refractivity contribution in [2.24, 2.45) is 11.1 Å². The Morgan fingerprint density at radius 1 is 1.43 bits per heavy atom. The Hall–Kier alpha value is -1.47. The van der Waals surface area contributed by atoms with Gasteiger partial charge in [-0.2, -0.15) is 0 Å². The topological polar surface area (TPSA) is 80.5 Å². The number of benzene rings is 1. The van der Waals surface area contributed by atoms with Gasteiger partial charge in [0.15, 0.2) is 0 Å². The van der Waals surface area contributed by atoms with Crippen LogP contribution >= 0.6 is 0 Å². The zero-order valence-electron chi connectivity index (χ0n) is 12.1. The summed E-state index contributed by atoms with van der Waals surface area (Å²) < 4.78 is 36.6. The molecule has 1 aromatic carbocycles. The Kier molecular flexibility index (Phi) is 4.34. The number of primary sulfonamides is 1. The number of nitrogens with two attached hydrogens (primary N) is 1. The first-order valence-electron chi connectivity index (χ1n) is 6.82. The van der Waals surface area contributed by atoms with Gasteiger partial charge in [-0.15, -0.1) is 0 Å². The minimum Gasteiger partial charge on any atom is -0.338 e. The van der Waals surface area contributed by atoms with Crippen LogP contribution in [0.25, 0.3) is 0 Å². The van der Waals surface area contributed by atoms with Crippen molar-refractivity contribution in [3.63, 3.8) is 0 Å². The molecule has 2 rings (SSSR count). The second-order valence-corrected chi connectivity index (χ2v) is 7.15. The minimum atomic E-state index is -4.06. The number of piperidine rings is 1. The van der Waals surface area contributed by atoms with Gasteiger partial charge in [-0.25, -0.2) is 17.9 Å². The first-order valence-corrected chi connectivity index (χ1v) is 8.37. The lowest BCUT2D eigenvalue weighted by Crippen LogP contribution is -2.39. The molecule has 0 aromatic heterocycles. The van der Waals surface area contributed by atoms with Crippen LogP contribution in [-0.4, -0.2) is 32.3 Å². The maximum absolute atomic E-state index is 13.7. The molecule has 0 spiro atoms. The summed E-state index contributed by atoms with van der Waals surface area (Å²) in [7, 11) is -4.06. The molecule has 0 saturated carbocycles. The molecule has 21 heavy (non-hydrogen) atoms. The van der Waals surface area contributed by atoms with Crippen molar-refractivity contribution in [3.05, 3.63) is 29.1 Å².